The van der Waals surface area contributed by atoms with Crippen molar-refractivity contribution < 1.29 is 22.7 Å². The molecule has 29 heavy (non-hydrogen) atoms. The Morgan fingerprint density at radius 3 is 2.52 bits per heavy atom. The molecule has 0 bridgehead atoms. The third kappa shape index (κ3) is 3.50. The van der Waals surface area contributed by atoms with Crippen molar-refractivity contribution in [3.8, 4) is 11.5 Å². The van der Waals surface area contributed by atoms with Crippen molar-refractivity contribution >= 4 is 21.6 Å². The van der Waals surface area contributed by atoms with Crippen molar-refractivity contribution in [3.63, 3.8) is 0 Å². The van der Waals surface area contributed by atoms with Crippen molar-refractivity contribution in [2.45, 2.75) is 50.2 Å². The summed E-state index contributed by atoms with van der Waals surface area (Å²) in [4.78, 5) is 13.3. The van der Waals surface area contributed by atoms with E-state index in [-0.39, 0.29) is 22.5 Å². The zero-order valence-corrected chi connectivity index (χ0v) is 17.4. The number of rotatable bonds is 4. The fourth-order valence-corrected chi connectivity index (χ4v) is 7.12. The van der Waals surface area contributed by atoms with Gasteiger partial charge in [-0.05, 0) is 43.2 Å². The lowest BCUT2D eigenvalue weighted by Gasteiger charge is -2.37. The molecule has 1 spiro atoms. The topological polar surface area (TPSA) is 84.9 Å². The van der Waals surface area contributed by atoms with Gasteiger partial charge < -0.3 is 14.8 Å². The van der Waals surface area contributed by atoms with Crippen LogP contribution in [0.25, 0.3) is 0 Å². The Balaban J connectivity index is 1.37. The molecule has 1 amide bonds. The average Bonchev–Trinajstić information content (AvgIpc) is 3.52. The number of fused-ring (bicyclic) bond motifs is 1. The van der Waals surface area contributed by atoms with Crippen molar-refractivity contribution in [3.05, 3.63) is 18.2 Å². The molecule has 5 rings (SSSR count). The van der Waals surface area contributed by atoms with E-state index in [4.69, 9.17) is 9.47 Å². The largest absolute Gasteiger partial charge is 0.486 e. The second kappa shape index (κ2) is 7.16. The number of hydrogen-bond donors (Lipinski definition) is 1. The second-order valence-electron chi connectivity index (χ2n) is 8.86. The quantitative estimate of drug-likeness (QED) is 0.810. The van der Waals surface area contributed by atoms with Gasteiger partial charge in [0.05, 0.1) is 11.2 Å². The van der Waals surface area contributed by atoms with Gasteiger partial charge in [0.15, 0.2) is 11.5 Å². The van der Waals surface area contributed by atoms with Crippen LogP contribution in [0.5, 0.6) is 11.5 Å². The maximum Gasteiger partial charge on any atom is 0.229 e. The number of anilines is 1. The van der Waals surface area contributed by atoms with Gasteiger partial charge in [-0.3, -0.25) is 4.79 Å². The molecule has 7 nitrogen and oxygen atoms in total. The number of sulfonamides is 1. The summed E-state index contributed by atoms with van der Waals surface area (Å²) in [6.45, 7) is 1.80. The summed E-state index contributed by atoms with van der Waals surface area (Å²) in [7, 11) is -3.28. The Hall–Kier alpha value is -1.80. The lowest BCUT2D eigenvalue weighted by Crippen LogP contribution is -2.39. The summed E-state index contributed by atoms with van der Waals surface area (Å²) in [5.74, 6) is 0.910. The van der Waals surface area contributed by atoms with E-state index in [1.54, 1.807) is 16.4 Å². The molecular formula is C21H28N2O5S. The van der Waals surface area contributed by atoms with Crippen molar-refractivity contribution in [2.75, 3.05) is 31.6 Å². The van der Waals surface area contributed by atoms with Crippen molar-refractivity contribution in [2.24, 2.45) is 11.3 Å². The van der Waals surface area contributed by atoms with E-state index in [1.165, 1.54) is 0 Å². The number of hydrogen-bond acceptors (Lipinski definition) is 5. The zero-order chi connectivity index (χ0) is 20.1. The first kappa shape index (κ1) is 19.2. The van der Waals surface area contributed by atoms with E-state index in [2.05, 4.69) is 5.32 Å². The molecule has 3 fully saturated rings. The normalized spacial score (nSPS) is 26.4. The molecule has 158 valence electrons. The Morgan fingerprint density at radius 2 is 1.79 bits per heavy atom. The Kier molecular flexibility index (Phi) is 4.74. The molecule has 1 aromatic carbocycles. The van der Waals surface area contributed by atoms with E-state index in [0.717, 1.165) is 44.9 Å². The number of carbonyl (C=O) groups is 1. The first-order valence-electron chi connectivity index (χ1n) is 10.7. The zero-order valence-electron chi connectivity index (χ0n) is 16.6. The van der Waals surface area contributed by atoms with Gasteiger partial charge in [-0.15, -0.1) is 0 Å². The summed E-state index contributed by atoms with van der Waals surface area (Å²) in [5, 5.41) is 2.79. The van der Waals surface area contributed by atoms with E-state index in [0.29, 0.717) is 43.5 Å². The molecule has 1 N–H and O–H groups in total. The van der Waals surface area contributed by atoms with Crippen LogP contribution in [0.2, 0.25) is 0 Å². The first-order chi connectivity index (χ1) is 14.0. The number of benzene rings is 1. The van der Waals surface area contributed by atoms with Gasteiger partial charge in [-0.25, -0.2) is 12.7 Å². The van der Waals surface area contributed by atoms with Gasteiger partial charge in [-0.2, -0.15) is 0 Å². The van der Waals surface area contributed by atoms with Gasteiger partial charge in [0.25, 0.3) is 0 Å². The second-order valence-corrected chi connectivity index (χ2v) is 11.1. The maximum absolute atomic E-state index is 13.3. The lowest BCUT2D eigenvalue weighted by atomic mass is 9.67. The Bertz CT molecular complexity index is 906. The van der Waals surface area contributed by atoms with Crippen LogP contribution >= 0.6 is 0 Å². The number of nitrogens with zero attached hydrogens (tertiary/aromatic N) is 1. The molecule has 2 saturated carbocycles. The first-order valence-corrected chi connectivity index (χ1v) is 12.2. The van der Waals surface area contributed by atoms with Gasteiger partial charge in [0.1, 0.15) is 13.2 Å². The van der Waals surface area contributed by atoms with Crippen LogP contribution in [0.15, 0.2) is 18.2 Å². The van der Waals surface area contributed by atoms with E-state index < -0.39 is 10.0 Å². The van der Waals surface area contributed by atoms with Gasteiger partial charge in [0.2, 0.25) is 15.9 Å². The summed E-state index contributed by atoms with van der Waals surface area (Å²) >= 11 is 0. The summed E-state index contributed by atoms with van der Waals surface area (Å²) < 4.78 is 38.5. The highest BCUT2D eigenvalue weighted by Crippen LogP contribution is 2.50. The van der Waals surface area contributed by atoms with E-state index >= 15 is 0 Å². The maximum atomic E-state index is 13.3. The van der Waals surface area contributed by atoms with Gasteiger partial charge in [0, 0.05) is 24.8 Å². The minimum Gasteiger partial charge on any atom is -0.486 e. The van der Waals surface area contributed by atoms with Crippen LogP contribution in [0, 0.1) is 11.3 Å². The molecule has 2 aliphatic carbocycles. The van der Waals surface area contributed by atoms with E-state index in [9.17, 15) is 13.2 Å². The van der Waals surface area contributed by atoms with Gasteiger partial charge >= 0.3 is 0 Å². The van der Waals surface area contributed by atoms with Crippen LogP contribution in [-0.4, -0.2) is 50.2 Å². The van der Waals surface area contributed by atoms with Crippen LogP contribution in [0.1, 0.15) is 44.9 Å². The van der Waals surface area contributed by atoms with Crippen molar-refractivity contribution in [1.82, 2.24) is 4.31 Å². The standard InChI is InChI=1S/C21H28N2O5S/c24-20(22-15-4-7-18-19(12-15)28-11-10-27-18)17-13-23(29(25,26)16-5-6-16)14-21(17)8-2-1-3-9-21/h4,7,12,16-17H,1-3,5-6,8-11,13-14H2,(H,22,24)/t17-/m1/s1. The van der Waals surface area contributed by atoms with E-state index in [1.807, 2.05) is 6.07 Å². The van der Waals surface area contributed by atoms with Crippen LogP contribution < -0.4 is 14.8 Å². The van der Waals surface area contributed by atoms with Crippen LogP contribution in [-0.2, 0) is 14.8 Å². The molecule has 4 aliphatic rings. The molecule has 1 aromatic rings. The molecule has 8 heteroatoms. The summed E-state index contributed by atoms with van der Waals surface area (Å²) in [6, 6.07) is 5.40. The predicted molar refractivity (Wildman–Crippen MR) is 109 cm³/mol. The fraction of sp³-hybridized carbons (Fsp3) is 0.667. The molecule has 2 heterocycles. The highest BCUT2D eigenvalue weighted by molar-refractivity contribution is 7.90. The monoisotopic (exact) mass is 420 g/mol. The van der Waals surface area contributed by atoms with Gasteiger partial charge in [-0.1, -0.05) is 19.3 Å². The number of carbonyl (C=O) groups excluding carboxylic acids is 1. The summed E-state index contributed by atoms with van der Waals surface area (Å²) in [6.07, 6.45) is 6.62. The van der Waals surface area contributed by atoms with Crippen LogP contribution in [0.4, 0.5) is 5.69 Å². The molecule has 1 atom stereocenters. The molecular weight excluding hydrogens is 392 g/mol. The van der Waals surface area contributed by atoms with Crippen LogP contribution in [0.3, 0.4) is 0 Å². The number of amides is 1. The smallest absolute Gasteiger partial charge is 0.229 e. The highest BCUT2D eigenvalue weighted by atomic mass is 32.2. The Morgan fingerprint density at radius 1 is 1.07 bits per heavy atom. The molecule has 2 aliphatic heterocycles. The number of nitrogens with one attached hydrogen (secondary N) is 1. The minimum atomic E-state index is -3.28. The SMILES string of the molecule is O=C(Nc1ccc2c(c1)OCCO2)[C@H]1CN(S(=O)(=O)C2CC2)CC12CCCCC2. The summed E-state index contributed by atoms with van der Waals surface area (Å²) in [5.41, 5.74) is 0.423. The molecule has 0 unspecified atom stereocenters. The highest BCUT2D eigenvalue weighted by Gasteiger charge is 2.55. The Labute approximate surface area is 171 Å². The van der Waals surface area contributed by atoms with Crippen molar-refractivity contribution in [1.29, 1.82) is 0 Å². The lowest BCUT2D eigenvalue weighted by molar-refractivity contribution is -0.123. The molecule has 1 saturated heterocycles. The fourth-order valence-electron chi connectivity index (χ4n) is 5.17. The molecule has 0 aromatic heterocycles. The minimum absolute atomic E-state index is 0.0860. The average molecular weight is 421 g/mol. The predicted octanol–water partition coefficient (Wildman–Crippen LogP) is 2.77. The molecule has 0 radical (unpaired) electrons. The number of ether oxygens (including phenoxy) is 2. The third-order valence-electron chi connectivity index (χ3n) is 6.90. The third-order valence-corrected chi connectivity index (χ3v) is 9.21.